The van der Waals surface area contributed by atoms with Gasteiger partial charge in [0.05, 0.1) is 16.8 Å². The summed E-state index contributed by atoms with van der Waals surface area (Å²) >= 11 is 0. The fraction of sp³-hybridized carbons (Fsp3) is 0.118. The van der Waals surface area contributed by atoms with Gasteiger partial charge in [-0.25, -0.2) is 9.78 Å². The molecule has 26 heavy (non-hydrogen) atoms. The minimum Gasteiger partial charge on any atom is -0.478 e. The third-order valence-corrected chi connectivity index (χ3v) is 3.72. The number of pyridine rings is 1. The number of benzene rings is 1. The number of imidazole rings is 1. The number of nitrogens with one attached hydrogen (secondary N) is 1. The van der Waals surface area contributed by atoms with Gasteiger partial charge in [0.25, 0.3) is 5.91 Å². The fourth-order valence-corrected chi connectivity index (χ4v) is 2.49. The van der Waals surface area contributed by atoms with Crippen molar-refractivity contribution in [3.63, 3.8) is 0 Å². The predicted octanol–water partition coefficient (Wildman–Crippen LogP) is 3.61. The molecule has 2 aromatic heterocycles. The number of hydrogen-bond acceptors (Lipinski definition) is 3. The van der Waals surface area contributed by atoms with Crippen molar-refractivity contribution in [2.75, 3.05) is 5.32 Å². The van der Waals surface area contributed by atoms with Crippen LogP contribution in [0, 0.1) is 6.92 Å². The number of nitrogens with zero attached hydrogens (tertiary/aromatic N) is 2. The van der Waals surface area contributed by atoms with E-state index in [1.54, 1.807) is 0 Å². The number of alkyl halides is 3. The van der Waals surface area contributed by atoms with Crippen molar-refractivity contribution in [2.24, 2.45) is 0 Å². The maximum absolute atomic E-state index is 12.9. The van der Waals surface area contributed by atoms with Gasteiger partial charge in [0, 0.05) is 11.9 Å². The van der Waals surface area contributed by atoms with Crippen molar-refractivity contribution < 1.29 is 27.9 Å². The van der Waals surface area contributed by atoms with Gasteiger partial charge in [-0.05, 0) is 43.3 Å². The summed E-state index contributed by atoms with van der Waals surface area (Å²) in [4.78, 5) is 27.4. The number of fused-ring (bicyclic) bond motifs is 1. The van der Waals surface area contributed by atoms with Crippen LogP contribution in [0.1, 0.15) is 32.1 Å². The number of aromatic carboxylic acids is 1. The highest BCUT2D eigenvalue weighted by atomic mass is 19.4. The molecule has 3 rings (SSSR count). The van der Waals surface area contributed by atoms with Gasteiger partial charge in [0.1, 0.15) is 11.3 Å². The second-order valence-corrected chi connectivity index (χ2v) is 5.53. The van der Waals surface area contributed by atoms with E-state index in [9.17, 15) is 22.8 Å². The summed E-state index contributed by atoms with van der Waals surface area (Å²) in [5, 5.41) is 11.4. The van der Waals surface area contributed by atoms with Gasteiger partial charge >= 0.3 is 12.1 Å². The Bertz CT molecular complexity index is 1010. The van der Waals surface area contributed by atoms with Crippen molar-refractivity contribution in [1.29, 1.82) is 0 Å². The lowest BCUT2D eigenvalue weighted by Crippen LogP contribution is -2.16. The van der Waals surface area contributed by atoms with Crippen LogP contribution in [0.3, 0.4) is 0 Å². The van der Waals surface area contributed by atoms with Gasteiger partial charge in [-0.2, -0.15) is 13.2 Å². The lowest BCUT2D eigenvalue weighted by atomic mass is 10.2. The Balaban J connectivity index is 1.97. The second kappa shape index (κ2) is 6.17. The first-order valence-corrected chi connectivity index (χ1v) is 7.37. The van der Waals surface area contributed by atoms with E-state index in [0.717, 1.165) is 16.7 Å². The Morgan fingerprint density at radius 3 is 2.35 bits per heavy atom. The number of aromatic nitrogens is 2. The normalized spacial score (nSPS) is 11.5. The van der Waals surface area contributed by atoms with Gasteiger partial charge < -0.3 is 10.4 Å². The average molecular weight is 363 g/mol. The van der Waals surface area contributed by atoms with Crippen LogP contribution in [0.15, 0.2) is 42.6 Å². The van der Waals surface area contributed by atoms with E-state index >= 15 is 0 Å². The topological polar surface area (TPSA) is 83.7 Å². The summed E-state index contributed by atoms with van der Waals surface area (Å²) in [7, 11) is 0. The van der Waals surface area contributed by atoms with E-state index in [2.05, 4.69) is 10.3 Å². The van der Waals surface area contributed by atoms with Crippen molar-refractivity contribution in [3.8, 4) is 0 Å². The number of carboxylic acids is 1. The Morgan fingerprint density at radius 1 is 1.12 bits per heavy atom. The number of carbonyl (C=O) groups excluding carboxylic acids is 1. The van der Waals surface area contributed by atoms with Crippen LogP contribution in [0.2, 0.25) is 0 Å². The Hall–Kier alpha value is -3.36. The molecule has 3 aromatic rings. The molecule has 0 aliphatic rings. The van der Waals surface area contributed by atoms with Crippen molar-refractivity contribution >= 4 is 23.2 Å². The number of aryl methyl sites for hydroxylation is 1. The van der Waals surface area contributed by atoms with Crippen LogP contribution >= 0.6 is 0 Å². The smallest absolute Gasteiger partial charge is 0.417 e. The standard InChI is InChI=1S/C17H12F3N3O3/c1-9-14(15(24)22-12-5-2-10(3-6-12)16(25)26)23-8-11(17(18,19)20)4-7-13(23)21-9/h2-8H,1H3,(H,22,24)(H,25,26). The molecule has 0 saturated carbocycles. The molecule has 0 spiro atoms. The number of halogens is 3. The van der Waals surface area contributed by atoms with Crippen molar-refractivity contribution in [1.82, 2.24) is 9.38 Å². The molecule has 1 aromatic carbocycles. The van der Waals surface area contributed by atoms with Gasteiger partial charge in [-0.3, -0.25) is 9.20 Å². The van der Waals surface area contributed by atoms with Crippen LogP contribution in [-0.2, 0) is 6.18 Å². The molecule has 2 N–H and O–H groups in total. The third-order valence-electron chi connectivity index (χ3n) is 3.72. The highest BCUT2D eigenvalue weighted by Crippen LogP contribution is 2.30. The molecule has 0 unspecified atom stereocenters. The number of carboxylic acid groups (broad SMARTS) is 1. The van der Waals surface area contributed by atoms with E-state index < -0.39 is 23.6 Å². The lowest BCUT2D eigenvalue weighted by molar-refractivity contribution is -0.137. The zero-order chi connectivity index (χ0) is 19.1. The molecule has 1 amide bonds. The highest BCUT2D eigenvalue weighted by molar-refractivity contribution is 6.04. The van der Waals surface area contributed by atoms with Gasteiger partial charge in [0.15, 0.2) is 0 Å². The van der Waals surface area contributed by atoms with Crippen LogP contribution in [0.4, 0.5) is 18.9 Å². The van der Waals surface area contributed by atoms with Crippen molar-refractivity contribution in [2.45, 2.75) is 13.1 Å². The number of rotatable bonds is 3. The maximum Gasteiger partial charge on any atom is 0.417 e. The second-order valence-electron chi connectivity index (χ2n) is 5.53. The van der Waals surface area contributed by atoms with Crippen LogP contribution in [-0.4, -0.2) is 26.4 Å². The third kappa shape index (κ3) is 3.23. The molecule has 0 bridgehead atoms. The maximum atomic E-state index is 12.9. The quantitative estimate of drug-likeness (QED) is 0.745. The lowest BCUT2D eigenvalue weighted by Gasteiger charge is -2.09. The molecule has 2 heterocycles. The summed E-state index contributed by atoms with van der Waals surface area (Å²) in [6, 6.07) is 7.48. The Morgan fingerprint density at radius 2 is 1.77 bits per heavy atom. The van der Waals surface area contributed by atoms with Gasteiger partial charge in [-0.15, -0.1) is 0 Å². The number of hydrogen-bond donors (Lipinski definition) is 2. The summed E-state index contributed by atoms with van der Waals surface area (Å²) in [5.41, 5.74) is -0.105. The number of amides is 1. The highest BCUT2D eigenvalue weighted by Gasteiger charge is 2.31. The molecule has 0 atom stereocenters. The Labute approximate surface area is 144 Å². The SMILES string of the molecule is Cc1nc2ccc(C(F)(F)F)cn2c1C(=O)Nc1ccc(C(=O)O)cc1. The Kier molecular flexibility index (Phi) is 4.15. The molecule has 0 aliphatic carbocycles. The van der Waals surface area contributed by atoms with Gasteiger partial charge in [0.2, 0.25) is 0 Å². The fourth-order valence-electron chi connectivity index (χ4n) is 2.49. The van der Waals surface area contributed by atoms with Crippen LogP contribution in [0.25, 0.3) is 5.65 Å². The zero-order valence-corrected chi connectivity index (χ0v) is 13.3. The zero-order valence-electron chi connectivity index (χ0n) is 13.3. The minimum absolute atomic E-state index is 0.0339. The molecule has 0 aliphatic heterocycles. The first-order chi connectivity index (χ1) is 12.2. The minimum atomic E-state index is -4.55. The number of carbonyl (C=O) groups is 2. The molecule has 0 fully saturated rings. The van der Waals surface area contributed by atoms with Crippen LogP contribution < -0.4 is 5.32 Å². The van der Waals surface area contributed by atoms with E-state index in [4.69, 9.17) is 5.11 Å². The summed E-state index contributed by atoms with van der Waals surface area (Å²) in [6.45, 7) is 1.52. The molecule has 9 heteroatoms. The van der Waals surface area contributed by atoms with E-state index in [1.807, 2.05) is 0 Å². The van der Waals surface area contributed by atoms with E-state index in [-0.39, 0.29) is 22.6 Å². The summed E-state index contributed by atoms with van der Waals surface area (Å²) < 4.78 is 39.9. The molecule has 0 saturated heterocycles. The average Bonchev–Trinajstić information content (AvgIpc) is 2.89. The molecule has 6 nitrogen and oxygen atoms in total. The first-order valence-electron chi connectivity index (χ1n) is 7.37. The largest absolute Gasteiger partial charge is 0.478 e. The monoisotopic (exact) mass is 363 g/mol. The predicted molar refractivity (Wildman–Crippen MR) is 86.3 cm³/mol. The van der Waals surface area contributed by atoms with E-state index in [1.165, 1.54) is 37.3 Å². The van der Waals surface area contributed by atoms with Crippen molar-refractivity contribution in [3.05, 3.63) is 65.1 Å². The first kappa shape index (κ1) is 17.5. The van der Waals surface area contributed by atoms with Gasteiger partial charge in [-0.1, -0.05) is 0 Å². The molecule has 134 valence electrons. The summed E-state index contributed by atoms with van der Waals surface area (Å²) in [6.07, 6.45) is -3.73. The van der Waals surface area contributed by atoms with Crippen LogP contribution in [0.5, 0.6) is 0 Å². The molecular formula is C17H12F3N3O3. The van der Waals surface area contributed by atoms with E-state index in [0.29, 0.717) is 5.69 Å². The summed E-state index contributed by atoms with van der Waals surface area (Å²) in [5.74, 6) is -1.77. The number of anilines is 1. The molecular weight excluding hydrogens is 351 g/mol. The molecule has 0 radical (unpaired) electrons.